The van der Waals surface area contributed by atoms with Gasteiger partial charge in [0.25, 0.3) is 0 Å². The van der Waals surface area contributed by atoms with Crippen molar-refractivity contribution in [2.45, 2.75) is 0 Å². The number of halogens is 1. The molecular weight excluding hydrogens is 324 g/mol. The lowest BCUT2D eigenvalue weighted by molar-refractivity contribution is 0.720. The Kier molecular flexibility index (Phi) is 3.72. The predicted octanol–water partition coefficient (Wildman–Crippen LogP) is 3.44. The van der Waals surface area contributed by atoms with E-state index in [-0.39, 0.29) is 0 Å². The van der Waals surface area contributed by atoms with Gasteiger partial charge in [0, 0.05) is 29.2 Å². The third-order valence-corrected chi connectivity index (χ3v) is 3.63. The maximum absolute atomic E-state index is 6.25. The lowest BCUT2D eigenvalue weighted by Crippen LogP contribution is -1.99. The number of rotatable bonds is 3. The highest BCUT2D eigenvalue weighted by Crippen LogP contribution is 2.25. The molecule has 0 aliphatic carbocycles. The molecule has 0 amide bonds. The van der Waals surface area contributed by atoms with Crippen molar-refractivity contribution in [3.8, 4) is 28.3 Å². The molecular formula is C17H11ClN6. The number of benzene rings is 1. The Balaban J connectivity index is 1.75. The second-order valence-corrected chi connectivity index (χ2v) is 5.49. The van der Waals surface area contributed by atoms with Crippen LogP contribution in [0.2, 0.25) is 5.02 Å². The largest absolute Gasteiger partial charge is 0.264 e. The fourth-order valence-electron chi connectivity index (χ4n) is 2.31. The predicted molar refractivity (Wildman–Crippen MR) is 90.6 cm³/mol. The SMILES string of the molecule is Clc1cc(-c2cccnc2)cc(-n2nnc(-c3ccccn3)n2)c1. The van der Waals surface area contributed by atoms with Gasteiger partial charge in [0.2, 0.25) is 5.82 Å². The van der Waals surface area contributed by atoms with E-state index in [1.54, 1.807) is 24.7 Å². The summed E-state index contributed by atoms with van der Waals surface area (Å²) in [6.07, 6.45) is 5.20. The minimum Gasteiger partial charge on any atom is -0.264 e. The number of hydrogen-bond donors (Lipinski definition) is 0. The Hall–Kier alpha value is -3.12. The first-order valence-corrected chi connectivity index (χ1v) is 7.60. The molecule has 0 unspecified atom stereocenters. The van der Waals surface area contributed by atoms with E-state index in [0.717, 1.165) is 16.8 Å². The molecule has 3 aromatic heterocycles. The van der Waals surface area contributed by atoms with Crippen LogP contribution in [0.4, 0.5) is 0 Å². The first-order valence-electron chi connectivity index (χ1n) is 7.22. The van der Waals surface area contributed by atoms with E-state index >= 15 is 0 Å². The Morgan fingerprint density at radius 2 is 1.88 bits per heavy atom. The molecule has 0 N–H and O–H groups in total. The Labute approximate surface area is 142 Å². The zero-order valence-electron chi connectivity index (χ0n) is 12.4. The van der Waals surface area contributed by atoms with Crippen molar-refractivity contribution in [1.82, 2.24) is 30.2 Å². The van der Waals surface area contributed by atoms with Crippen LogP contribution < -0.4 is 0 Å². The van der Waals surface area contributed by atoms with E-state index < -0.39 is 0 Å². The highest BCUT2D eigenvalue weighted by molar-refractivity contribution is 6.31. The summed E-state index contributed by atoms with van der Waals surface area (Å²) in [6.45, 7) is 0. The Bertz CT molecular complexity index is 969. The molecule has 0 atom stereocenters. The van der Waals surface area contributed by atoms with Gasteiger partial charge in [0.05, 0.1) is 5.69 Å². The first-order chi connectivity index (χ1) is 11.8. The minimum atomic E-state index is 0.457. The summed E-state index contributed by atoms with van der Waals surface area (Å²) in [5, 5.41) is 13.1. The Morgan fingerprint density at radius 1 is 0.917 bits per heavy atom. The highest BCUT2D eigenvalue weighted by Gasteiger charge is 2.10. The van der Waals surface area contributed by atoms with E-state index in [0.29, 0.717) is 16.5 Å². The molecule has 0 spiro atoms. The third-order valence-electron chi connectivity index (χ3n) is 3.42. The molecule has 6 nitrogen and oxygen atoms in total. The molecule has 24 heavy (non-hydrogen) atoms. The van der Waals surface area contributed by atoms with Gasteiger partial charge in [-0.25, -0.2) is 0 Å². The van der Waals surface area contributed by atoms with E-state index in [1.165, 1.54) is 4.80 Å². The maximum Gasteiger partial charge on any atom is 0.223 e. The van der Waals surface area contributed by atoms with Crippen molar-refractivity contribution < 1.29 is 0 Å². The van der Waals surface area contributed by atoms with Gasteiger partial charge in [0.1, 0.15) is 5.69 Å². The summed E-state index contributed by atoms with van der Waals surface area (Å²) in [7, 11) is 0. The second kappa shape index (κ2) is 6.17. The minimum absolute atomic E-state index is 0.457. The fraction of sp³-hybridized carbons (Fsp3) is 0. The average molecular weight is 335 g/mol. The van der Waals surface area contributed by atoms with Crippen LogP contribution in [0.1, 0.15) is 0 Å². The van der Waals surface area contributed by atoms with Gasteiger partial charge in [0.15, 0.2) is 0 Å². The summed E-state index contributed by atoms with van der Waals surface area (Å²) < 4.78 is 0. The van der Waals surface area contributed by atoms with Gasteiger partial charge in [-0.15, -0.1) is 15.0 Å². The lowest BCUT2D eigenvalue weighted by atomic mass is 10.1. The number of tetrazole rings is 1. The molecule has 4 rings (SSSR count). The van der Waals surface area contributed by atoms with Crippen molar-refractivity contribution in [2.24, 2.45) is 0 Å². The number of nitrogens with zero attached hydrogens (tertiary/aromatic N) is 6. The summed E-state index contributed by atoms with van der Waals surface area (Å²) in [5.74, 6) is 0.457. The van der Waals surface area contributed by atoms with Gasteiger partial charge in [-0.3, -0.25) is 9.97 Å². The molecule has 3 heterocycles. The molecule has 0 aliphatic rings. The van der Waals surface area contributed by atoms with Crippen LogP contribution in [0.15, 0.2) is 67.1 Å². The zero-order valence-corrected chi connectivity index (χ0v) is 13.2. The highest BCUT2D eigenvalue weighted by atomic mass is 35.5. The molecule has 0 saturated carbocycles. The van der Waals surface area contributed by atoms with Crippen molar-refractivity contribution in [3.05, 3.63) is 72.1 Å². The molecule has 0 fully saturated rings. The normalized spacial score (nSPS) is 10.7. The third kappa shape index (κ3) is 2.87. The molecule has 4 aromatic rings. The van der Waals surface area contributed by atoms with E-state index in [9.17, 15) is 0 Å². The van der Waals surface area contributed by atoms with Crippen LogP contribution in [0.25, 0.3) is 28.3 Å². The number of aromatic nitrogens is 6. The summed E-state index contributed by atoms with van der Waals surface area (Å²) in [5.41, 5.74) is 3.28. The summed E-state index contributed by atoms with van der Waals surface area (Å²) in [4.78, 5) is 9.80. The second-order valence-electron chi connectivity index (χ2n) is 5.06. The van der Waals surface area contributed by atoms with Gasteiger partial charge in [-0.2, -0.15) is 0 Å². The van der Waals surface area contributed by atoms with Crippen molar-refractivity contribution in [2.75, 3.05) is 0 Å². The molecule has 0 aliphatic heterocycles. The fourth-order valence-corrected chi connectivity index (χ4v) is 2.54. The average Bonchev–Trinajstić information content (AvgIpc) is 3.13. The van der Waals surface area contributed by atoms with Crippen LogP contribution in [-0.2, 0) is 0 Å². The van der Waals surface area contributed by atoms with Gasteiger partial charge < -0.3 is 0 Å². The first kappa shape index (κ1) is 14.5. The van der Waals surface area contributed by atoms with Gasteiger partial charge in [-0.1, -0.05) is 23.7 Å². The molecule has 7 heteroatoms. The summed E-state index contributed by atoms with van der Waals surface area (Å²) >= 11 is 6.25. The topological polar surface area (TPSA) is 69.4 Å². The quantitative estimate of drug-likeness (QED) is 0.574. The smallest absolute Gasteiger partial charge is 0.223 e. The lowest BCUT2D eigenvalue weighted by Gasteiger charge is -2.05. The van der Waals surface area contributed by atoms with Gasteiger partial charge >= 0.3 is 0 Å². The number of hydrogen-bond acceptors (Lipinski definition) is 5. The molecule has 1 aromatic carbocycles. The molecule has 116 valence electrons. The molecule has 0 saturated heterocycles. The van der Waals surface area contributed by atoms with Gasteiger partial charge in [-0.05, 0) is 47.2 Å². The van der Waals surface area contributed by atoms with E-state index in [4.69, 9.17) is 11.6 Å². The molecule has 0 bridgehead atoms. The van der Waals surface area contributed by atoms with Crippen LogP contribution in [0, 0.1) is 0 Å². The van der Waals surface area contributed by atoms with Crippen molar-refractivity contribution >= 4 is 11.6 Å². The van der Waals surface area contributed by atoms with Crippen molar-refractivity contribution in [1.29, 1.82) is 0 Å². The standard InChI is InChI=1S/C17H11ClN6/c18-14-8-13(12-4-3-6-19-11-12)9-15(10-14)24-22-17(21-23-24)16-5-1-2-7-20-16/h1-11H. The molecule has 0 radical (unpaired) electrons. The van der Waals surface area contributed by atoms with Crippen molar-refractivity contribution in [3.63, 3.8) is 0 Å². The van der Waals surface area contributed by atoms with Crippen LogP contribution in [0.3, 0.4) is 0 Å². The Morgan fingerprint density at radius 3 is 2.67 bits per heavy atom. The van der Waals surface area contributed by atoms with E-state index in [2.05, 4.69) is 25.4 Å². The zero-order chi connectivity index (χ0) is 16.4. The maximum atomic E-state index is 6.25. The monoisotopic (exact) mass is 334 g/mol. The van der Waals surface area contributed by atoms with Crippen LogP contribution >= 0.6 is 11.6 Å². The number of pyridine rings is 2. The van der Waals surface area contributed by atoms with Crippen LogP contribution in [-0.4, -0.2) is 30.2 Å². The summed E-state index contributed by atoms with van der Waals surface area (Å²) in [6, 6.07) is 15.0. The van der Waals surface area contributed by atoms with Crippen LogP contribution in [0.5, 0.6) is 0 Å². The van der Waals surface area contributed by atoms with E-state index in [1.807, 2.05) is 42.5 Å².